The average molecular weight is 423 g/mol. The van der Waals surface area contributed by atoms with E-state index in [1.807, 2.05) is 7.05 Å². The third-order valence-corrected chi connectivity index (χ3v) is 3.37. The summed E-state index contributed by atoms with van der Waals surface area (Å²) < 4.78 is 1.74. The van der Waals surface area contributed by atoms with Crippen LogP contribution < -0.4 is 10.6 Å². The Morgan fingerprint density at radius 1 is 1.27 bits per heavy atom. The second kappa shape index (κ2) is 12.6. The van der Waals surface area contributed by atoms with Gasteiger partial charge in [-0.1, -0.05) is 13.8 Å². The average Bonchev–Trinajstić information content (AvgIpc) is 2.90. The molecule has 0 fully saturated rings. The van der Waals surface area contributed by atoms with E-state index in [2.05, 4.69) is 51.4 Å². The zero-order valence-corrected chi connectivity index (χ0v) is 16.5. The van der Waals surface area contributed by atoms with Crippen LogP contribution in [0, 0.1) is 0 Å². The maximum atomic E-state index is 4.53. The molecule has 0 aliphatic heterocycles. The van der Waals surface area contributed by atoms with Crippen molar-refractivity contribution >= 4 is 29.9 Å². The predicted molar refractivity (Wildman–Crippen MR) is 102 cm³/mol. The van der Waals surface area contributed by atoms with Gasteiger partial charge in [-0.25, -0.2) is 9.98 Å². The number of nitrogens with one attached hydrogen (secondary N) is 2. The third kappa shape index (κ3) is 7.92. The highest BCUT2D eigenvalue weighted by Gasteiger charge is 2.02. The van der Waals surface area contributed by atoms with Gasteiger partial charge in [-0.3, -0.25) is 4.68 Å². The van der Waals surface area contributed by atoms with Crippen molar-refractivity contribution in [2.24, 2.45) is 12.0 Å². The predicted octanol–water partition coefficient (Wildman–Crippen LogP) is 1.22. The summed E-state index contributed by atoms with van der Waals surface area (Å²) in [6.07, 6.45) is 2.66. The number of guanidine groups is 1. The summed E-state index contributed by atoms with van der Waals surface area (Å²) in [4.78, 5) is 11.1. The molecule has 0 saturated carbocycles. The van der Waals surface area contributed by atoms with E-state index in [-0.39, 0.29) is 24.0 Å². The van der Waals surface area contributed by atoms with Crippen LogP contribution in [0.1, 0.15) is 33.0 Å². The largest absolute Gasteiger partial charge is 0.357 e. The maximum Gasteiger partial charge on any atom is 0.191 e. The lowest BCUT2D eigenvalue weighted by molar-refractivity contribution is 0.300. The van der Waals surface area contributed by atoms with Gasteiger partial charge in [0.2, 0.25) is 0 Å². The van der Waals surface area contributed by atoms with Crippen LogP contribution >= 0.6 is 24.0 Å². The van der Waals surface area contributed by atoms with Crippen molar-refractivity contribution in [3.05, 3.63) is 12.2 Å². The summed E-state index contributed by atoms with van der Waals surface area (Å²) in [5, 5.41) is 10.7. The summed E-state index contributed by atoms with van der Waals surface area (Å²) in [5.74, 6) is 1.69. The van der Waals surface area contributed by atoms with Crippen molar-refractivity contribution in [3.63, 3.8) is 0 Å². The van der Waals surface area contributed by atoms with Crippen molar-refractivity contribution in [3.8, 4) is 0 Å². The molecule has 2 N–H and O–H groups in total. The van der Waals surface area contributed by atoms with E-state index in [1.54, 1.807) is 11.0 Å². The molecular weight excluding hydrogens is 393 g/mol. The summed E-state index contributed by atoms with van der Waals surface area (Å²) in [7, 11) is 1.88. The first-order chi connectivity index (χ1) is 10.2. The van der Waals surface area contributed by atoms with Crippen molar-refractivity contribution in [2.45, 2.75) is 33.7 Å². The molecule has 0 aliphatic carbocycles. The molecule has 1 heterocycles. The minimum Gasteiger partial charge on any atom is -0.357 e. The summed E-state index contributed by atoms with van der Waals surface area (Å²) in [6, 6.07) is 0. The highest BCUT2D eigenvalue weighted by Crippen LogP contribution is 1.93. The Morgan fingerprint density at radius 2 is 2.00 bits per heavy atom. The molecule has 1 aromatic rings. The van der Waals surface area contributed by atoms with Crippen molar-refractivity contribution in [2.75, 3.05) is 32.7 Å². The first-order valence-corrected chi connectivity index (χ1v) is 7.78. The second-order valence-electron chi connectivity index (χ2n) is 4.80. The quantitative estimate of drug-likeness (QED) is 0.271. The Kier molecular flexibility index (Phi) is 12.1. The summed E-state index contributed by atoms with van der Waals surface area (Å²) in [6.45, 7) is 12.1. The molecule has 0 saturated heterocycles. The van der Waals surface area contributed by atoms with Crippen molar-refractivity contribution in [1.82, 2.24) is 30.3 Å². The van der Waals surface area contributed by atoms with E-state index in [9.17, 15) is 0 Å². The molecule has 0 amide bonds. The molecular formula is C14H30IN7. The van der Waals surface area contributed by atoms with Gasteiger partial charge in [0.15, 0.2) is 5.96 Å². The van der Waals surface area contributed by atoms with E-state index >= 15 is 0 Å². The van der Waals surface area contributed by atoms with Gasteiger partial charge < -0.3 is 15.5 Å². The van der Waals surface area contributed by atoms with Gasteiger partial charge in [0.1, 0.15) is 18.7 Å². The molecule has 0 unspecified atom stereocenters. The number of nitrogens with zero attached hydrogens (tertiary/aromatic N) is 5. The topological polar surface area (TPSA) is 70.4 Å². The number of aromatic nitrogens is 3. The smallest absolute Gasteiger partial charge is 0.191 e. The van der Waals surface area contributed by atoms with Crippen LogP contribution in [-0.2, 0) is 13.6 Å². The van der Waals surface area contributed by atoms with Crippen LogP contribution in [-0.4, -0.2) is 58.3 Å². The number of aryl methyl sites for hydroxylation is 1. The van der Waals surface area contributed by atoms with E-state index in [1.165, 1.54) is 0 Å². The molecule has 8 heteroatoms. The lowest BCUT2D eigenvalue weighted by Crippen LogP contribution is -2.38. The van der Waals surface area contributed by atoms with E-state index in [0.29, 0.717) is 6.54 Å². The van der Waals surface area contributed by atoms with Crippen molar-refractivity contribution in [1.29, 1.82) is 0 Å². The fraction of sp³-hybridized carbons (Fsp3) is 0.786. The SMILES string of the molecule is CCNC(=NCc1ncnn1C)NCCCN(CC)CC.I. The Balaban J connectivity index is 0.00000441. The van der Waals surface area contributed by atoms with Gasteiger partial charge in [-0.2, -0.15) is 5.10 Å². The molecule has 0 bridgehead atoms. The third-order valence-electron chi connectivity index (χ3n) is 3.37. The monoisotopic (exact) mass is 423 g/mol. The molecule has 128 valence electrons. The van der Waals surface area contributed by atoms with Gasteiger partial charge in [0, 0.05) is 20.1 Å². The number of rotatable bonds is 9. The molecule has 1 aromatic heterocycles. The van der Waals surface area contributed by atoms with E-state index < -0.39 is 0 Å². The highest BCUT2D eigenvalue weighted by molar-refractivity contribution is 14.0. The molecule has 0 radical (unpaired) electrons. The lowest BCUT2D eigenvalue weighted by Gasteiger charge is -2.18. The number of aliphatic imine (C=N–C) groups is 1. The summed E-state index contributed by atoms with van der Waals surface area (Å²) in [5.41, 5.74) is 0. The fourth-order valence-corrected chi connectivity index (χ4v) is 2.00. The molecule has 0 aliphatic rings. The lowest BCUT2D eigenvalue weighted by atomic mass is 10.3. The summed E-state index contributed by atoms with van der Waals surface area (Å²) >= 11 is 0. The van der Waals surface area contributed by atoms with Crippen LogP contribution in [0.25, 0.3) is 0 Å². The number of hydrogen-bond donors (Lipinski definition) is 2. The van der Waals surface area contributed by atoms with Gasteiger partial charge >= 0.3 is 0 Å². The Hall–Kier alpha value is -0.900. The van der Waals surface area contributed by atoms with Gasteiger partial charge in [-0.05, 0) is 33.0 Å². The zero-order valence-electron chi connectivity index (χ0n) is 14.2. The first-order valence-electron chi connectivity index (χ1n) is 7.78. The van der Waals surface area contributed by atoms with E-state index in [0.717, 1.165) is 50.9 Å². The Morgan fingerprint density at radius 3 is 2.55 bits per heavy atom. The fourth-order valence-electron chi connectivity index (χ4n) is 2.00. The van der Waals surface area contributed by atoms with Gasteiger partial charge in [0.25, 0.3) is 0 Å². The number of halogens is 1. The Labute approximate surface area is 151 Å². The molecule has 0 aromatic carbocycles. The molecule has 1 rings (SSSR count). The van der Waals surface area contributed by atoms with Crippen LogP contribution in [0.5, 0.6) is 0 Å². The van der Waals surface area contributed by atoms with Crippen molar-refractivity contribution < 1.29 is 0 Å². The van der Waals surface area contributed by atoms with Gasteiger partial charge in [0.05, 0.1) is 0 Å². The standard InChI is InChI=1S/C14H29N7.HI/c1-5-15-14(16-9-8-10-21(6-2)7-3)17-11-13-18-12-19-20(13)4;/h12H,5-11H2,1-4H3,(H2,15,16,17);1H. The normalized spacial score (nSPS) is 11.4. The molecule has 0 atom stereocenters. The minimum absolute atomic E-state index is 0. The van der Waals surface area contributed by atoms with E-state index in [4.69, 9.17) is 0 Å². The molecule has 7 nitrogen and oxygen atoms in total. The zero-order chi connectivity index (χ0) is 15.5. The first kappa shape index (κ1) is 21.1. The number of hydrogen-bond acceptors (Lipinski definition) is 4. The maximum absolute atomic E-state index is 4.53. The Bertz CT molecular complexity index is 415. The minimum atomic E-state index is 0. The second-order valence-corrected chi connectivity index (χ2v) is 4.80. The van der Waals surface area contributed by atoms with Crippen LogP contribution in [0.15, 0.2) is 11.3 Å². The van der Waals surface area contributed by atoms with Gasteiger partial charge in [-0.15, -0.1) is 24.0 Å². The molecule has 22 heavy (non-hydrogen) atoms. The van der Waals surface area contributed by atoms with Crippen LogP contribution in [0.2, 0.25) is 0 Å². The highest BCUT2D eigenvalue weighted by atomic mass is 127. The van der Waals surface area contributed by atoms with Crippen LogP contribution in [0.3, 0.4) is 0 Å². The van der Waals surface area contributed by atoms with Crippen LogP contribution in [0.4, 0.5) is 0 Å². The molecule has 0 spiro atoms.